The number of hydrogen-bond donors (Lipinski definition) is 1. The Kier molecular flexibility index (Phi) is 7.52. The van der Waals surface area contributed by atoms with Crippen molar-refractivity contribution in [1.29, 1.82) is 0 Å². The van der Waals surface area contributed by atoms with Crippen molar-refractivity contribution in [3.63, 3.8) is 0 Å². The number of nitrogens with one attached hydrogen (secondary N) is 1. The normalized spacial score (nSPS) is 16.3. The first kappa shape index (κ1) is 21.9. The van der Waals surface area contributed by atoms with Gasteiger partial charge in [-0.2, -0.15) is 0 Å². The fraction of sp³-hybridized carbons (Fsp3) is 0.280. The van der Waals surface area contributed by atoms with Crippen LogP contribution in [-0.2, 0) is 20.9 Å². The maximum Gasteiger partial charge on any atom is 0.337 e. The van der Waals surface area contributed by atoms with E-state index in [0.717, 1.165) is 22.5 Å². The zero-order valence-electron chi connectivity index (χ0n) is 17.6. The third-order valence-corrected chi connectivity index (χ3v) is 5.85. The van der Waals surface area contributed by atoms with E-state index in [9.17, 15) is 9.59 Å². The first-order chi connectivity index (χ1) is 14.6. The minimum Gasteiger partial charge on any atom is -0.457 e. The zero-order chi connectivity index (χ0) is 21.5. The number of ether oxygens (including phenoxy) is 1. The smallest absolute Gasteiger partial charge is 0.337 e. The summed E-state index contributed by atoms with van der Waals surface area (Å²) < 4.78 is 5.70. The second kappa shape index (κ2) is 10.3. The van der Waals surface area contributed by atoms with Gasteiger partial charge in [-0.3, -0.25) is 4.79 Å². The number of thioether (sulfide) groups is 1. The molecule has 156 valence electrons. The van der Waals surface area contributed by atoms with E-state index in [1.54, 1.807) is 0 Å². The van der Waals surface area contributed by atoms with Crippen molar-refractivity contribution in [2.24, 2.45) is 5.92 Å². The van der Waals surface area contributed by atoms with Crippen LogP contribution >= 0.6 is 11.8 Å². The number of dihydropyridines is 1. The molecular formula is C25H27NO3S. The predicted molar refractivity (Wildman–Crippen MR) is 122 cm³/mol. The second-order valence-corrected chi connectivity index (χ2v) is 8.30. The molecule has 1 heterocycles. The molecule has 1 N–H and O–H groups in total. The summed E-state index contributed by atoms with van der Waals surface area (Å²) in [6.07, 6.45) is 0.635. The van der Waals surface area contributed by atoms with E-state index in [4.69, 9.17) is 4.74 Å². The number of esters is 1. The summed E-state index contributed by atoms with van der Waals surface area (Å²) in [6, 6.07) is 19.3. The molecule has 0 radical (unpaired) electrons. The number of allylic oxidation sites excluding steroid dienone is 1. The van der Waals surface area contributed by atoms with Crippen molar-refractivity contribution in [3.05, 3.63) is 88.6 Å². The third kappa shape index (κ3) is 4.85. The van der Waals surface area contributed by atoms with Gasteiger partial charge >= 0.3 is 5.97 Å². The first-order valence-corrected chi connectivity index (χ1v) is 11.2. The van der Waals surface area contributed by atoms with Gasteiger partial charge in [-0.25, -0.2) is 4.79 Å². The van der Waals surface area contributed by atoms with E-state index < -0.39 is 5.97 Å². The van der Waals surface area contributed by atoms with Crippen molar-refractivity contribution in [2.75, 3.05) is 5.75 Å². The molecule has 1 unspecified atom stereocenters. The fourth-order valence-corrected chi connectivity index (χ4v) is 4.41. The second-order valence-electron chi connectivity index (χ2n) is 7.06. The van der Waals surface area contributed by atoms with Gasteiger partial charge in [0.15, 0.2) is 0 Å². The van der Waals surface area contributed by atoms with Crippen molar-refractivity contribution in [1.82, 2.24) is 5.32 Å². The minimum atomic E-state index is -0.392. The Bertz CT molecular complexity index is 964. The van der Waals surface area contributed by atoms with Crippen LogP contribution in [0.25, 0.3) is 5.70 Å². The summed E-state index contributed by atoms with van der Waals surface area (Å²) >= 11 is 1.27. The van der Waals surface area contributed by atoms with Gasteiger partial charge in [0.2, 0.25) is 5.12 Å². The van der Waals surface area contributed by atoms with Gasteiger partial charge < -0.3 is 10.1 Å². The van der Waals surface area contributed by atoms with Crippen LogP contribution < -0.4 is 5.32 Å². The lowest BCUT2D eigenvalue weighted by molar-refractivity contribution is -0.140. The lowest BCUT2D eigenvalue weighted by Crippen LogP contribution is -2.32. The van der Waals surface area contributed by atoms with Gasteiger partial charge in [0.25, 0.3) is 0 Å². The van der Waals surface area contributed by atoms with Gasteiger partial charge in [-0.05, 0) is 30.2 Å². The molecule has 3 rings (SSSR count). The van der Waals surface area contributed by atoms with Crippen molar-refractivity contribution in [3.8, 4) is 0 Å². The molecule has 1 aliphatic heterocycles. The lowest BCUT2D eigenvalue weighted by atomic mass is 9.82. The summed E-state index contributed by atoms with van der Waals surface area (Å²) in [5, 5.41) is 3.35. The molecule has 0 saturated heterocycles. The third-order valence-electron chi connectivity index (χ3n) is 5.08. The van der Waals surface area contributed by atoms with Gasteiger partial charge in [0.05, 0.1) is 11.3 Å². The molecule has 0 bridgehead atoms. The number of carbonyl (C=O) groups is 2. The average Bonchev–Trinajstić information content (AvgIpc) is 2.78. The molecule has 5 heteroatoms. The maximum atomic E-state index is 13.3. The molecule has 0 aliphatic carbocycles. The minimum absolute atomic E-state index is 0.00909. The highest BCUT2D eigenvalue weighted by Gasteiger charge is 2.36. The molecule has 0 spiro atoms. The summed E-state index contributed by atoms with van der Waals surface area (Å²) in [6.45, 7) is 6.05. The van der Waals surface area contributed by atoms with E-state index in [2.05, 4.69) is 5.32 Å². The van der Waals surface area contributed by atoms with Gasteiger partial charge in [0, 0.05) is 17.2 Å². The number of carbonyl (C=O) groups excluding carboxylic acids is 2. The van der Waals surface area contributed by atoms with E-state index in [1.807, 2.05) is 81.4 Å². The average molecular weight is 422 g/mol. The van der Waals surface area contributed by atoms with Crippen molar-refractivity contribution >= 4 is 28.5 Å². The highest BCUT2D eigenvalue weighted by atomic mass is 32.2. The standard InChI is InChI=1S/C25H27NO3S/c1-4-20-21(25(28)30-5-2)17(3)26-23(19-14-10-7-11-15-19)22(20)24(27)29-16-18-12-8-6-9-13-18/h6-15,20,26H,4-5,16H2,1-3H3. The molecule has 1 atom stereocenters. The van der Waals surface area contributed by atoms with Gasteiger partial charge in [-0.1, -0.05) is 86.3 Å². The largest absolute Gasteiger partial charge is 0.457 e. The van der Waals surface area contributed by atoms with Crippen molar-refractivity contribution in [2.45, 2.75) is 33.8 Å². The molecule has 0 saturated carbocycles. The van der Waals surface area contributed by atoms with Crippen LogP contribution in [0.4, 0.5) is 0 Å². The number of rotatable bonds is 7. The maximum absolute atomic E-state index is 13.3. The Morgan fingerprint density at radius 2 is 1.60 bits per heavy atom. The Labute approximate surface area is 182 Å². The molecule has 1 aliphatic rings. The lowest BCUT2D eigenvalue weighted by Gasteiger charge is -2.31. The molecule has 0 amide bonds. The van der Waals surface area contributed by atoms with E-state index in [-0.39, 0.29) is 17.6 Å². The van der Waals surface area contributed by atoms with Gasteiger partial charge in [-0.15, -0.1) is 0 Å². The number of hydrogen-bond acceptors (Lipinski definition) is 5. The molecule has 2 aromatic carbocycles. The molecule has 0 fully saturated rings. The Balaban J connectivity index is 2.01. The predicted octanol–water partition coefficient (Wildman–Crippen LogP) is 5.32. The Hall–Kier alpha value is -2.79. The van der Waals surface area contributed by atoms with Crippen LogP contribution in [0.3, 0.4) is 0 Å². The summed E-state index contributed by atoms with van der Waals surface area (Å²) in [5.74, 6) is -0.0117. The van der Waals surface area contributed by atoms with E-state index in [0.29, 0.717) is 23.3 Å². The summed E-state index contributed by atoms with van der Waals surface area (Å²) in [7, 11) is 0. The molecular weight excluding hydrogens is 394 g/mol. The monoisotopic (exact) mass is 421 g/mol. The summed E-state index contributed by atoms with van der Waals surface area (Å²) in [5.41, 5.74) is 4.52. The van der Waals surface area contributed by atoms with Crippen LogP contribution in [-0.4, -0.2) is 16.8 Å². The number of benzene rings is 2. The highest BCUT2D eigenvalue weighted by Crippen LogP contribution is 2.38. The van der Waals surface area contributed by atoms with E-state index in [1.165, 1.54) is 11.8 Å². The molecule has 2 aromatic rings. The van der Waals surface area contributed by atoms with Crippen LogP contribution in [0.1, 0.15) is 38.3 Å². The van der Waals surface area contributed by atoms with Crippen LogP contribution in [0.15, 0.2) is 77.5 Å². The Morgan fingerprint density at radius 1 is 0.967 bits per heavy atom. The molecule has 30 heavy (non-hydrogen) atoms. The van der Waals surface area contributed by atoms with Crippen molar-refractivity contribution < 1.29 is 14.3 Å². The fourth-order valence-electron chi connectivity index (χ4n) is 3.69. The molecule has 4 nitrogen and oxygen atoms in total. The summed E-state index contributed by atoms with van der Waals surface area (Å²) in [4.78, 5) is 26.2. The van der Waals surface area contributed by atoms with Gasteiger partial charge in [0.1, 0.15) is 6.61 Å². The van der Waals surface area contributed by atoms with Crippen LogP contribution in [0.2, 0.25) is 0 Å². The topological polar surface area (TPSA) is 55.4 Å². The van der Waals surface area contributed by atoms with Crippen LogP contribution in [0.5, 0.6) is 0 Å². The quantitative estimate of drug-likeness (QED) is 0.613. The SMILES string of the molecule is CCSC(=O)C1=C(C)NC(c2ccccc2)=C(C(=O)OCc2ccccc2)C1CC. The zero-order valence-corrected chi connectivity index (χ0v) is 18.4. The molecule has 0 aromatic heterocycles. The first-order valence-electron chi connectivity index (χ1n) is 10.2. The van der Waals surface area contributed by atoms with E-state index >= 15 is 0 Å². The highest BCUT2D eigenvalue weighted by molar-refractivity contribution is 8.14. The van der Waals surface area contributed by atoms with Crippen LogP contribution in [0, 0.1) is 5.92 Å². The Morgan fingerprint density at radius 3 is 2.20 bits per heavy atom.